The second-order valence-electron chi connectivity index (χ2n) is 6.74. The Balaban J connectivity index is 1.74. The number of sulfonamides is 1. The third-order valence-corrected chi connectivity index (χ3v) is 6.27. The molecule has 2 aromatic rings. The molecule has 0 saturated carbocycles. The Morgan fingerprint density at radius 3 is 2.59 bits per heavy atom. The summed E-state index contributed by atoms with van der Waals surface area (Å²) in [5.41, 5.74) is 0. The molecule has 0 aliphatic rings. The quantitative estimate of drug-likeness (QED) is 0.378. The second kappa shape index (κ2) is 11.9. The molecule has 0 spiro atoms. The maximum atomic E-state index is 12.3. The van der Waals surface area contributed by atoms with Crippen LogP contribution in [0.15, 0.2) is 47.9 Å². The maximum Gasteiger partial charge on any atom is 0.308 e. The van der Waals surface area contributed by atoms with Crippen molar-refractivity contribution in [1.82, 2.24) is 14.3 Å². The molecule has 1 atom stereocenters. The highest BCUT2D eigenvalue weighted by atomic mass is 35.5. The van der Waals surface area contributed by atoms with Gasteiger partial charge in [-0.25, -0.2) is 18.1 Å². The summed E-state index contributed by atoms with van der Waals surface area (Å²) in [5, 5.41) is 0.488. The fourth-order valence-corrected chi connectivity index (χ4v) is 4.20. The third kappa shape index (κ3) is 8.16. The van der Waals surface area contributed by atoms with E-state index in [1.54, 1.807) is 31.6 Å². The highest BCUT2D eigenvalue weighted by Crippen LogP contribution is 2.18. The zero-order valence-electron chi connectivity index (χ0n) is 16.6. The van der Waals surface area contributed by atoms with Gasteiger partial charge in [-0.1, -0.05) is 18.0 Å². The Kier molecular flexibility index (Phi) is 9.63. The summed E-state index contributed by atoms with van der Waals surface area (Å²) in [6, 6.07) is 6.04. The summed E-state index contributed by atoms with van der Waals surface area (Å²) >= 11 is 5.79. The number of halogens is 1. The third-order valence-electron chi connectivity index (χ3n) is 4.54. The zero-order chi connectivity index (χ0) is 21.1. The van der Waals surface area contributed by atoms with Crippen LogP contribution in [0.5, 0.6) is 0 Å². The first-order valence-corrected chi connectivity index (χ1v) is 11.7. The molecule has 0 bridgehead atoms. The fraction of sp³-hybridized carbons (Fsp3) is 0.500. The van der Waals surface area contributed by atoms with Gasteiger partial charge < -0.3 is 9.30 Å². The lowest BCUT2D eigenvalue weighted by atomic mass is 9.96. The first-order valence-electron chi connectivity index (χ1n) is 9.80. The summed E-state index contributed by atoms with van der Waals surface area (Å²) in [7, 11) is -3.55. The molecule has 0 aliphatic carbocycles. The van der Waals surface area contributed by atoms with Crippen molar-refractivity contribution in [3.05, 3.63) is 48.0 Å². The first-order chi connectivity index (χ1) is 13.9. The van der Waals surface area contributed by atoms with E-state index in [9.17, 15) is 13.2 Å². The van der Waals surface area contributed by atoms with Crippen molar-refractivity contribution >= 4 is 27.6 Å². The molecule has 0 aliphatic heterocycles. The molecule has 1 N–H and O–H groups in total. The van der Waals surface area contributed by atoms with Gasteiger partial charge in [0.1, 0.15) is 0 Å². The number of imidazole rings is 1. The van der Waals surface area contributed by atoms with Gasteiger partial charge in [-0.15, -0.1) is 0 Å². The minimum atomic E-state index is -3.55. The van der Waals surface area contributed by atoms with Gasteiger partial charge in [0.2, 0.25) is 10.0 Å². The first kappa shape index (κ1) is 23.4. The van der Waals surface area contributed by atoms with Crippen molar-refractivity contribution in [2.45, 2.75) is 50.5 Å². The standard InChI is InChI=1S/C20H28ClN3O4S/c1-2-28-20(25)17(7-5-14-24-15-13-22-16-24)6-3-4-12-23-29(26,27)19-10-8-18(21)9-11-19/h8-11,13,15-17,23H,2-7,12,14H2,1H3. The highest BCUT2D eigenvalue weighted by Gasteiger charge is 2.19. The van der Waals surface area contributed by atoms with E-state index in [0.29, 0.717) is 31.0 Å². The van der Waals surface area contributed by atoms with Crippen LogP contribution in [0, 0.1) is 5.92 Å². The average Bonchev–Trinajstić information content (AvgIpc) is 3.20. The molecule has 29 heavy (non-hydrogen) atoms. The van der Waals surface area contributed by atoms with Gasteiger partial charge in [0.05, 0.1) is 23.7 Å². The Hall–Kier alpha value is -1.90. The number of unbranched alkanes of at least 4 members (excludes halogenated alkanes) is 1. The van der Waals surface area contributed by atoms with Crippen LogP contribution in [-0.2, 0) is 26.1 Å². The molecule has 9 heteroatoms. The number of esters is 1. The number of hydrogen-bond donors (Lipinski definition) is 1. The van der Waals surface area contributed by atoms with E-state index in [0.717, 1.165) is 25.8 Å². The largest absolute Gasteiger partial charge is 0.466 e. The molecule has 7 nitrogen and oxygen atoms in total. The normalized spacial score (nSPS) is 12.6. The molecule has 0 amide bonds. The number of aromatic nitrogens is 2. The number of nitrogens with zero attached hydrogens (tertiary/aromatic N) is 2. The van der Waals surface area contributed by atoms with Gasteiger partial charge in [-0.05, 0) is 56.9 Å². The summed E-state index contributed by atoms with van der Waals surface area (Å²) in [4.78, 5) is 16.4. The molecule has 0 saturated heterocycles. The zero-order valence-corrected chi connectivity index (χ0v) is 18.2. The van der Waals surface area contributed by atoms with Crippen LogP contribution < -0.4 is 4.72 Å². The summed E-state index contributed by atoms with van der Waals surface area (Å²) in [6.07, 6.45) is 9.01. The number of benzene rings is 1. The topological polar surface area (TPSA) is 90.3 Å². The van der Waals surface area contributed by atoms with Crippen LogP contribution in [0.4, 0.5) is 0 Å². The minimum absolute atomic E-state index is 0.175. The Morgan fingerprint density at radius 2 is 1.93 bits per heavy atom. The number of rotatable bonds is 13. The number of nitrogens with one attached hydrogen (secondary N) is 1. The fourth-order valence-electron chi connectivity index (χ4n) is 3.00. The number of hydrogen-bond acceptors (Lipinski definition) is 5. The number of ether oxygens (including phenoxy) is 1. The highest BCUT2D eigenvalue weighted by molar-refractivity contribution is 7.89. The van der Waals surface area contributed by atoms with Crippen molar-refractivity contribution in [2.75, 3.05) is 13.2 Å². The molecule has 160 valence electrons. The van der Waals surface area contributed by atoms with Crippen LogP contribution in [0.3, 0.4) is 0 Å². The summed E-state index contributed by atoms with van der Waals surface area (Å²) in [5.74, 6) is -0.355. The average molecular weight is 442 g/mol. The maximum absolute atomic E-state index is 12.3. The monoisotopic (exact) mass is 441 g/mol. The van der Waals surface area contributed by atoms with E-state index in [2.05, 4.69) is 9.71 Å². The lowest BCUT2D eigenvalue weighted by molar-refractivity contribution is -0.148. The molecule has 1 unspecified atom stereocenters. The van der Waals surface area contributed by atoms with E-state index in [-0.39, 0.29) is 16.8 Å². The molecular formula is C20H28ClN3O4S. The van der Waals surface area contributed by atoms with Crippen molar-refractivity contribution in [2.24, 2.45) is 5.92 Å². The van der Waals surface area contributed by atoms with Crippen molar-refractivity contribution in [3.8, 4) is 0 Å². The predicted octanol–water partition coefficient (Wildman–Crippen LogP) is 3.64. The van der Waals surface area contributed by atoms with Crippen molar-refractivity contribution in [3.63, 3.8) is 0 Å². The number of carbonyl (C=O) groups is 1. The molecule has 1 heterocycles. The van der Waals surface area contributed by atoms with Crippen LogP contribution in [0.25, 0.3) is 0 Å². The van der Waals surface area contributed by atoms with Gasteiger partial charge in [-0.3, -0.25) is 4.79 Å². The van der Waals surface area contributed by atoms with Crippen LogP contribution in [-0.4, -0.2) is 37.1 Å². The summed E-state index contributed by atoms with van der Waals surface area (Å²) in [6.45, 7) is 3.27. The Labute approximate surface area is 177 Å². The van der Waals surface area contributed by atoms with Gasteiger partial charge in [0, 0.05) is 30.5 Å². The van der Waals surface area contributed by atoms with Crippen LogP contribution in [0.1, 0.15) is 39.0 Å². The van der Waals surface area contributed by atoms with E-state index in [1.807, 2.05) is 10.8 Å². The van der Waals surface area contributed by atoms with Crippen molar-refractivity contribution < 1.29 is 17.9 Å². The number of carbonyl (C=O) groups excluding carboxylic acids is 1. The van der Waals surface area contributed by atoms with E-state index in [4.69, 9.17) is 16.3 Å². The Bertz CT molecular complexity index is 839. The van der Waals surface area contributed by atoms with Gasteiger partial charge in [0.15, 0.2) is 0 Å². The molecular weight excluding hydrogens is 414 g/mol. The van der Waals surface area contributed by atoms with Gasteiger partial charge >= 0.3 is 5.97 Å². The molecule has 1 aromatic carbocycles. The second-order valence-corrected chi connectivity index (χ2v) is 8.94. The van der Waals surface area contributed by atoms with E-state index in [1.165, 1.54) is 12.1 Å². The number of aryl methyl sites for hydroxylation is 1. The lowest BCUT2D eigenvalue weighted by Crippen LogP contribution is -2.25. The van der Waals surface area contributed by atoms with Crippen LogP contribution >= 0.6 is 11.6 Å². The molecule has 2 rings (SSSR count). The molecule has 0 radical (unpaired) electrons. The SMILES string of the molecule is CCOC(=O)C(CCCCNS(=O)(=O)c1ccc(Cl)cc1)CCCn1ccnc1. The predicted molar refractivity (Wildman–Crippen MR) is 112 cm³/mol. The summed E-state index contributed by atoms with van der Waals surface area (Å²) < 4.78 is 34.3. The van der Waals surface area contributed by atoms with Crippen LogP contribution in [0.2, 0.25) is 5.02 Å². The van der Waals surface area contributed by atoms with Gasteiger partial charge in [-0.2, -0.15) is 0 Å². The molecule has 1 aromatic heterocycles. The Morgan fingerprint density at radius 1 is 1.21 bits per heavy atom. The van der Waals surface area contributed by atoms with Crippen molar-refractivity contribution in [1.29, 1.82) is 0 Å². The van der Waals surface area contributed by atoms with Gasteiger partial charge in [0.25, 0.3) is 0 Å². The van der Waals surface area contributed by atoms with E-state index >= 15 is 0 Å². The smallest absolute Gasteiger partial charge is 0.308 e. The lowest BCUT2D eigenvalue weighted by Gasteiger charge is -2.15. The molecule has 0 fully saturated rings. The van der Waals surface area contributed by atoms with E-state index < -0.39 is 10.0 Å². The minimum Gasteiger partial charge on any atom is -0.466 e.